The smallest absolute Gasteiger partial charge is 0.273 e. The van der Waals surface area contributed by atoms with E-state index in [9.17, 15) is 8.42 Å². The van der Waals surface area contributed by atoms with Crippen LogP contribution in [0.15, 0.2) is 23.5 Å². The Morgan fingerprint density at radius 2 is 2.16 bits per heavy atom. The Morgan fingerprint density at radius 3 is 2.63 bits per heavy atom. The lowest BCUT2D eigenvalue weighted by molar-refractivity contribution is 0.570. The summed E-state index contributed by atoms with van der Waals surface area (Å²) >= 11 is 0. The van der Waals surface area contributed by atoms with E-state index in [2.05, 4.69) is 15.2 Å². The molecule has 0 aliphatic carbocycles. The first kappa shape index (κ1) is 13.1. The van der Waals surface area contributed by atoms with Crippen molar-refractivity contribution < 1.29 is 8.42 Å². The molecule has 8 nitrogen and oxygen atoms in total. The van der Waals surface area contributed by atoms with Crippen molar-refractivity contribution in [2.24, 2.45) is 5.14 Å². The average molecular weight is 278 g/mol. The van der Waals surface area contributed by atoms with Gasteiger partial charge in [-0.3, -0.25) is 9.55 Å². The van der Waals surface area contributed by atoms with Gasteiger partial charge in [0.2, 0.25) is 0 Å². The third kappa shape index (κ3) is 2.44. The normalized spacial score (nSPS) is 11.2. The molecular weight excluding hydrogens is 268 g/mol. The van der Waals surface area contributed by atoms with Gasteiger partial charge in [-0.1, -0.05) is 0 Å². The first-order chi connectivity index (χ1) is 8.97. The number of sulfonamides is 1. The Kier molecular flexibility index (Phi) is 3.28. The van der Waals surface area contributed by atoms with Gasteiger partial charge in [0.25, 0.3) is 15.2 Å². The largest absolute Gasteiger partial charge is 0.296 e. The maximum Gasteiger partial charge on any atom is 0.273 e. The summed E-state index contributed by atoms with van der Waals surface area (Å²) in [6.07, 6.45) is 1.38. The summed E-state index contributed by atoms with van der Waals surface area (Å²) in [5.74, 6) is 0.288. The molecular formula is C10H10N6O2S. The van der Waals surface area contributed by atoms with Crippen LogP contribution >= 0.6 is 0 Å². The van der Waals surface area contributed by atoms with Crippen LogP contribution in [0.25, 0.3) is 11.5 Å². The molecule has 0 aromatic carbocycles. The van der Waals surface area contributed by atoms with Gasteiger partial charge >= 0.3 is 0 Å². The van der Waals surface area contributed by atoms with E-state index in [1.165, 1.54) is 10.8 Å². The van der Waals surface area contributed by atoms with E-state index in [1.807, 2.05) is 6.07 Å². The van der Waals surface area contributed by atoms with Crippen LogP contribution in [0.1, 0.15) is 12.5 Å². The molecule has 19 heavy (non-hydrogen) atoms. The number of pyridine rings is 1. The Labute approximate surface area is 109 Å². The number of nitrogens with two attached hydrogens (primary N) is 1. The zero-order chi connectivity index (χ0) is 14.0. The van der Waals surface area contributed by atoms with Crippen LogP contribution in [-0.4, -0.2) is 28.2 Å². The van der Waals surface area contributed by atoms with E-state index in [4.69, 9.17) is 10.4 Å². The summed E-state index contributed by atoms with van der Waals surface area (Å²) in [6, 6.07) is 5.08. The van der Waals surface area contributed by atoms with E-state index in [0.29, 0.717) is 17.8 Å². The predicted molar refractivity (Wildman–Crippen MR) is 65.0 cm³/mol. The van der Waals surface area contributed by atoms with Crippen molar-refractivity contribution in [3.8, 4) is 17.6 Å². The molecule has 9 heteroatoms. The second-order valence-corrected chi connectivity index (χ2v) is 5.09. The Hall–Kier alpha value is -2.31. The molecule has 2 heterocycles. The highest BCUT2D eigenvalue weighted by atomic mass is 32.2. The van der Waals surface area contributed by atoms with Crippen molar-refractivity contribution >= 4 is 10.0 Å². The highest BCUT2D eigenvalue weighted by molar-refractivity contribution is 7.89. The number of nitrogens with zero attached hydrogens (tertiary/aromatic N) is 5. The van der Waals surface area contributed by atoms with Gasteiger partial charge in [0.1, 0.15) is 11.8 Å². The first-order valence-corrected chi connectivity index (χ1v) is 6.84. The van der Waals surface area contributed by atoms with Crippen molar-refractivity contribution in [2.45, 2.75) is 18.6 Å². The van der Waals surface area contributed by atoms with Gasteiger partial charge in [0.15, 0.2) is 5.82 Å². The third-order valence-electron chi connectivity index (χ3n) is 2.41. The zero-order valence-corrected chi connectivity index (χ0v) is 10.8. The second kappa shape index (κ2) is 4.75. The van der Waals surface area contributed by atoms with Crippen molar-refractivity contribution in [3.05, 3.63) is 23.9 Å². The summed E-state index contributed by atoms with van der Waals surface area (Å²) in [6.45, 7) is 2.07. The molecule has 0 bridgehead atoms. The molecule has 0 aliphatic heterocycles. The third-order valence-corrected chi connectivity index (χ3v) is 3.22. The van der Waals surface area contributed by atoms with Crippen molar-refractivity contribution in [2.75, 3.05) is 0 Å². The van der Waals surface area contributed by atoms with Gasteiger partial charge in [-0.05, 0) is 19.1 Å². The monoisotopic (exact) mass is 278 g/mol. The van der Waals surface area contributed by atoms with E-state index in [1.54, 1.807) is 19.1 Å². The summed E-state index contributed by atoms with van der Waals surface area (Å²) in [4.78, 5) is 4.04. The molecule has 0 unspecified atom stereocenters. The number of primary sulfonamides is 1. The average Bonchev–Trinajstić information content (AvgIpc) is 2.82. The molecule has 98 valence electrons. The molecule has 2 rings (SSSR count). The van der Waals surface area contributed by atoms with Crippen LogP contribution in [-0.2, 0) is 16.6 Å². The maximum atomic E-state index is 11.3. The van der Waals surface area contributed by atoms with Gasteiger partial charge in [-0.25, -0.2) is 13.6 Å². The van der Waals surface area contributed by atoms with E-state index in [0.717, 1.165) is 0 Å². The lowest BCUT2D eigenvalue weighted by Gasteiger charge is -2.05. The van der Waals surface area contributed by atoms with E-state index in [-0.39, 0.29) is 11.0 Å². The molecule has 2 N–H and O–H groups in total. The van der Waals surface area contributed by atoms with Crippen LogP contribution in [0.2, 0.25) is 0 Å². The van der Waals surface area contributed by atoms with Crippen molar-refractivity contribution in [1.82, 2.24) is 19.7 Å². The quantitative estimate of drug-likeness (QED) is 0.833. The Morgan fingerprint density at radius 1 is 1.42 bits per heavy atom. The first-order valence-electron chi connectivity index (χ1n) is 5.30. The molecule has 0 amide bonds. The molecule has 2 aromatic rings. The fourth-order valence-corrected chi connectivity index (χ4v) is 2.24. The van der Waals surface area contributed by atoms with Crippen LogP contribution < -0.4 is 5.14 Å². The number of nitriles is 1. The van der Waals surface area contributed by atoms with Crippen molar-refractivity contribution in [1.29, 1.82) is 5.26 Å². The molecule has 0 saturated heterocycles. The molecule has 0 radical (unpaired) electrons. The molecule has 0 saturated carbocycles. The highest BCUT2D eigenvalue weighted by Gasteiger charge is 2.21. The van der Waals surface area contributed by atoms with Crippen LogP contribution in [0.4, 0.5) is 0 Å². The number of hydrogen-bond donors (Lipinski definition) is 1. The van der Waals surface area contributed by atoms with E-state index >= 15 is 0 Å². The van der Waals surface area contributed by atoms with Crippen LogP contribution in [0.5, 0.6) is 0 Å². The summed E-state index contributed by atoms with van der Waals surface area (Å²) < 4.78 is 24.0. The highest BCUT2D eigenvalue weighted by Crippen LogP contribution is 2.18. The lowest BCUT2D eigenvalue weighted by atomic mass is 10.2. The molecule has 0 fully saturated rings. The molecule has 0 aliphatic rings. The topological polar surface area (TPSA) is 128 Å². The summed E-state index contributed by atoms with van der Waals surface area (Å²) in [7, 11) is -3.94. The fraction of sp³-hybridized carbons (Fsp3) is 0.200. The van der Waals surface area contributed by atoms with Gasteiger partial charge in [-0.15, -0.1) is 10.2 Å². The van der Waals surface area contributed by atoms with E-state index < -0.39 is 10.0 Å². The van der Waals surface area contributed by atoms with Gasteiger partial charge in [0, 0.05) is 12.7 Å². The second-order valence-electron chi connectivity index (χ2n) is 3.64. The summed E-state index contributed by atoms with van der Waals surface area (Å²) in [5.41, 5.74) is 0.821. The standard InChI is InChI=1S/C10H10N6O2S/c1-2-16-9(14-15-10(16)19(12,17)18)8-4-3-7(5-11)6-13-8/h3-4,6H,2H2,1H3,(H2,12,17,18). The zero-order valence-electron chi connectivity index (χ0n) is 9.98. The number of aromatic nitrogens is 4. The number of hydrogen-bond acceptors (Lipinski definition) is 6. The van der Waals surface area contributed by atoms with Gasteiger partial charge < -0.3 is 0 Å². The fourth-order valence-electron chi connectivity index (χ4n) is 1.57. The predicted octanol–water partition coefficient (Wildman–Crippen LogP) is -0.121. The van der Waals surface area contributed by atoms with Gasteiger partial charge in [-0.2, -0.15) is 5.26 Å². The van der Waals surface area contributed by atoms with Gasteiger partial charge in [0.05, 0.1) is 5.56 Å². The molecule has 0 atom stereocenters. The minimum atomic E-state index is -3.94. The molecule has 2 aromatic heterocycles. The number of rotatable bonds is 3. The Balaban J connectivity index is 2.57. The SMILES string of the molecule is CCn1c(-c2ccc(C#N)cn2)nnc1S(N)(=O)=O. The van der Waals surface area contributed by atoms with Crippen LogP contribution in [0, 0.1) is 11.3 Å². The minimum Gasteiger partial charge on any atom is -0.296 e. The summed E-state index contributed by atoms with van der Waals surface area (Å²) in [5, 5.41) is 20.8. The lowest BCUT2D eigenvalue weighted by Crippen LogP contribution is -2.18. The minimum absolute atomic E-state index is 0.288. The molecule has 0 spiro atoms. The van der Waals surface area contributed by atoms with Crippen molar-refractivity contribution in [3.63, 3.8) is 0 Å². The van der Waals surface area contributed by atoms with Crippen LogP contribution in [0.3, 0.4) is 0 Å². The Bertz CT molecular complexity index is 741. The maximum absolute atomic E-state index is 11.3.